The predicted molar refractivity (Wildman–Crippen MR) is 292 cm³/mol. The van der Waals surface area contributed by atoms with Crippen LogP contribution in [-0.4, -0.2) is 122 Å². The molecule has 16 nitrogen and oxygen atoms in total. The zero-order chi connectivity index (χ0) is 63.6. The minimum absolute atomic E-state index is 0. The third kappa shape index (κ3) is 47.0. The molecule has 1 aliphatic heterocycles. The molecule has 84 heavy (non-hydrogen) atoms. The molecule has 0 aliphatic carbocycles. The van der Waals surface area contributed by atoms with Gasteiger partial charge in [-0.3, -0.25) is 25.8 Å². The van der Waals surface area contributed by atoms with Crippen LogP contribution >= 0.6 is 35.5 Å². The summed E-state index contributed by atoms with van der Waals surface area (Å²) in [5, 5.41) is 13.2. The first kappa shape index (κ1) is 93.5. The number of nitrogens with two attached hydrogens (primary N) is 2. The summed E-state index contributed by atoms with van der Waals surface area (Å²) in [7, 11) is -7.18. The van der Waals surface area contributed by atoms with Crippen molar-refractivity contribution in [3.63, 3.8) is 0 Å². The molecule has 2 heterocycles. The van der Waals surface area contributed by atoms with E-state index in [0.717, 1.165) is 67.7 Å². The number of nitrogens with one attached hydrogen (secondary N) is 1. The van der Waals surface area contributed by atoms with Crippen molar-refractivity contribution in [3.8, 4) is 0 Å². The number of benzene rings is 3. The molecular weight excluding hydrogens is 1280 g/mol. The molecule has 0 bridgehead atoms. The summed E-state index contributed by atoms with van der Waals surface area (Å²) in [5.74, 6) is -3.73. The summed E-state index contributed by atoms with van der Waals surface area (Å²) in [6, 6.07) is 17.0. The van der Waals surface area contributed by atoms with Gasteiger partial charge in [-0.25, -0.2) is 47.9 Å². The number of halogens is 16. The molecule has 0 atom stereocenters. The molecule has 0 amide bonds. The van der Waals surface area contributed by atoms with Crippen LogP contribution in [0.3, 0.4) is 0 Å². The molecule has 6 N–H and O–H groups in total. The van der Waals surface area contributed by atoms with Crippen LogP contribution in [0.25, 0.3) is 0 Å². The Morgan fingerprint density at radius 3 is 1.38 bits per heavy atom. The number of allylic oxidation sites excluding steroid dienone is 2. The average Bonchev–Trinajstić information content (AvgIpc) is 4.19. The second kappa shape index (κ2) is 50.9. The van der Waals surface area contributed by atoms with Gasteiger partial charge in [-0.1, -0.05) is 66.4 Å². The van der Waals surface area contributed by atoms with Crippen LogP contribution in [0.2, 0.25) is 0 Å². The van der Waals surface area contributed by atoms with Gasteiger partial charge in [-0.05, 0) is 83.9 Å². The minimum Gasteiger partial charge on any atom is -0.390 e. The van der Waals surface area contributed by atoms with Crippen LogP contribution in [0.15, 0.2) is 124 Å². The van der Waals surface area contributed by atoms with Crippen LogP contribution in [0.5, 0.6) is 0 Å². The summed E-state index contributed by atoms with van der Waals surface area (Å²) < 4.78 is 233. The molecule has 0 saturated carbocycles. The Hall–Kier alpha value is -4.17. The van der Waals surface area contributed by atoms with Gasteiger partial charge in [-0.2, -0.15) is 45.9 Å². The summed E-state index contributed by atoms with van der Waals surface area (Å²) in [6.07, 6.45) is -2.72. The zero-order valence-electron chi connectivity index (χ0n) is 46.2. The Morgan fingerprint density at radius 2 is 1.14 bits per heavy atom. The number of ether oxygens (including phenoxy) is 1. The van der Waals surface area contributed by atoms with Gasteiger partial charge in [0.1, 0.15) is 24.4 Å². The standard InChI is InChI=1S/C10H10F4O3S.C10H9F3O3S.C7H7ClO2S.C7H12FNO.C4H8O.C4H9.C3H4F4O.C3H3FN2.2ClH.Li.H4N2/c1-7-2-4-8(5-3-7)18(15,16)17-6-10(13,14)9(11)12;1-7-2-4-8(5-3-7)17(14,15)16-6-9(11)10(12)13;1-6-2-4-7(5-3-6)11(8,9)10;1-3-9(4-2)5-7(8)6-10;1-2-4-5-3-1;1-3-4-2;4-2(5)3(6,7)1-8;4-3-1-5-6-2-3;;;;1-2/h2-5,9H,6H2,1H3;2-6,10H,1H3;2-5H,1H3;5-6H,3-4H2,1-2H3;1-4H2;1,3-4H2,2H3;2,8H,1H2;1-2H,(H,5,6);2*1H;;1-2H2/q;;;;;-1;;;;;+1;/b;9-6+;;7-5-;;;;;;;;. The molecule has 1 aromatic heterocycles. The van der Waals surface area contributed by atoms with E-state index in [9.17, 15) is 87.1 Å². The van der Waals surface area contributed by atoms with Gasteiger partial charge in [0.05, 0.1) is 22.2 Å². The van der Waals surface area contributed by atoms with Gasteiger partial charge in [0, 0.05) is 43.2 Å². The van der Waals surface area contributed by atoms with Crippen molar-refractivity contribution >= 4 is 71.1 Å². The second-order valence-corrected chi connectivity index (χ2v) is 20.9. The molecule has 1 aliphatic rings. The van der Waals surface area contributed by atoms with E-state index in [0.29, 0.717) is 0 Å². The molecular formula is C48H68Cl3F13LiN5O11S3. The number of H-pyrrole nitrogens is 1. The summed E-state index contributed by atoms with van der Waals surface area (Å²) in [6.45, 7) is 14.6. The number of alkyl halides is 10. The number of aldehydes is 1. The van der Waals surface area contributed by atoms with E-state index in [1.807, 2.05) is 20.8 Å². The third-order valence-electron chi connectivity index (χ3n) is 8.55. The first-order chi connectivity index (χ1) is 37.5. The maximum absolute atomic E-state index is 12.5. The average molecular weight is 1350 g/mol. The molecule has 36 heteroatoms. The van der Waals surface area contributed by atoms with Gasteiger partial charge in [0.2, 0.25) is 5.83 Å². The number of carbonyl (C=O) groups is 1. The number of unbranched alkanes of at least 4 members (excludes halogenated alkanes) is 1. The third-order valence-corrected chi connectivity index (χ3v) is 12.4. The largest absolute Gasteiger partial charge is 1.00 e. The number of aliphatic hydroxyl groups is 1. The van der Waals surface area contributed by atoms with Crippen molar-refractivity contribution in [3.05, 3.63) is 139 Å². The molecule has 1 fully saturated rings. The first-order valence-electron chi connectivity index (χ1n) is 23.0. The molecule has 482 valence electrons. The Morgan fingerprint density at radius 1 is 0.762 bits per heavy atom. The van der Waals surface area contributed by atoms with E-state index < -0.39 is 85.3 Å². The molecule has 0 radical (unpaired) electrons. The Labute approximate surface area is 510 Å². The second-order valence-electron chi connectivity index (χ2n) is 15.2. The number of hydrazine groups is 1. The van der Waals surface area contributed by atoms with Crippen LogP contribution in [-0.2, 0) is 47.2 Å². The Bertz CT molecular complexity index is 2650. The van der Waals surface area contributed by atoms with E-state index in [1.165, 1.54) is 80.2 Å². The van der Waals surface area contributed by atoms with Crippen molar-refractivity contribution in [2.75, 3.05) is 39.5 Å². The van der Waals surface area contributed by atoms with Gasteiger partial charge in [-0.15, -0.1) is 24.8 Å². The number of aliphatic hydroxyl groups excluding tert-OH is 1. The van der Waals surface area contributed by atoms with Crippen molar-refractivity contribution in [1.82, 2.24) is 15.1 Å². The van der Waals surface area contributed by atoms with E-state index in [-0.39, 0.29) is 76.7 Å². The van der Waals surface area contributed by atoms with E-state index >= 15 is 0 Å². The molecule has 3 aromatic carbocycles. The minimum atomic E-state index is -4.50. The van der Waals surface area contributed by atoms with Crippen molar-refractivity contribution < 1.29 is 124 Å². The topological polar surface area (TPSA) is 251 Å². The molecule has 5 rings (SSSR count). The number of aryl methyl sites for hydroxylation is 3. The molecule has 4 aromatic rings. The maximum Gasteiger partial charge on any atom is 1.00 e. The SMILES string of the molecule is C1CCOC1.CCN(/C=C(\F)C=O)CC.Cc1ccc(S(=O)(=O)Cl)cc1.Cc1ccc(S(=O)(=O)O/C=C(/F)C(F)F)cc1.Cc1ccc(S(=O)(=O)OCC(F)(F)C(F)F)cc1.Cl.Cl.Fc1cn[nH]c1.NN.OCC(F)(F)C(F)F.[CH2-]CCC.[Li+]. The number of hydrogen-bond acceptors (Lipinski definition) is 15. The van der Waals surface area contributed by atoms with E-state index in [4.69, 9.17) is 20.5 Å². The van der Waals surface area contributed by atoms with Crippen LogP contribution in [0.1, 0.15) is 63.1 Å². The predicted octanol–water partition coefficient (Wildman–Crippen LogP) is 9.15. The number of nitrogens with zero attached hydrogens (tertiary/aromatic N) is 2. The smallest absolute Gasteiger partial charge is 0.390 e. The molecule has 1 saturated heterocycles. The number of hydrogen-bond donors (Lipinski definition) is 4. The fraction of sp³-hybridized carbons (Fsp3) is 0.438. The monoisotopic (exact) mass is 1350 g/mol. The Kier molecular flexibility index (Phi) is 56.7. The van der Waals surface area contributed by atoms with E-state index in [2.05, 4.69) is 44.1 Å². The number of carbonyl (C=O) groups excluding carboxylic acids is 1. The quantitative estimate of drug-likeness (QED) is 0.00735. The summed E-state index contributed by atoms with van der Waals surface area (Å²) >= 11 is 0. The fourth-order valence-corrected chi connectivity index (χ4v) is 6.53. The molecule has 0 spiro atoms. The van der Waals surface area contributed by atoms with Crippen molar-refractivity contribution in [1.29, 1.82) is 0 Å². The first-order valence-corrected chi connectivity index (χ1v) is 28.1. The van der Waals surface area contributed by atoms with Crippen LogP contribution in [0, 0.1) is 33.5 Å². The summed E-state index contributed by atoms with van der Waals surface area (Å²) in [5.41, 5.74) is 2.58. The van der Waals surface area contributed by atoms with Crippen molar-refractivity contribution in [2.24, 2.45) is 11.7 Å². The van der Waals surface area contributed by atoms with E-state index in [1.54, 1.807) is 30.9 Å². The summed E-state index contributed by atoms with van der Waals surface area (Å²) in [4.78, 5) is 11.1. The fourth-order valence-electron chi connectivity index (χ4n) is 4.04. The zero-order valence-corrected chi connectivity index (χ0v) is 51.1. The van der Waals surface area contributed by atoms with Crippen LogP contribution in [0.4, 0.5) is 57.1 Å². The maximum atomic E-state index is 12.5. The van der Waals surface area contributed by atoms with Gasteiger partial charge >= 0.3 is 53.7 Å². The van der Waals surface area contributed by atoms with Gasteiger partial charge < -0.3 is 25.9 Å². The Balaban J connectivity index is -0.000000166. The molecule has 0 unspecified atom stereocenters. The van der Waals surface area contributed by atoms with Gasteiger partial charge in [0.25, 0.3) is 25.6 Å². The van der Waals surface area contributed by atoms with Gasteiger partial charge in [0.15, 0.2) is 17.9 Å². The number of aromatic amines is 1. The van der Waals surface area contributed by atoms with Crippen LogP contribution < -0.4 is 30.5 Å². The number of aromatic nitrogens is 2. The number of rotatable bonds is 17. The normalized spacial score (nSPS) is 11.9. The van der Waals surface area contributed by atoms with Crippen molar-refractivity contribution in [2.45, 2.75) is 113 Å².